The van der Waals surface area contributed by atoms with Crippen LogP contribution >= 0.6 is 0 Å². The number of hydrogen-bond donors (Lipinski definition) is 1. The molecule has 0 aromatic carbocycles. The van der Waals surface area contributed by atoms with Crippen LogP contribution in [0.15, 0.2) is 28.5 Å². The number of nitrogens with one attached hydrogen (secondary N) is 1. The molecule has 0 aliphatic heterocycles. The molecule has 0 aliphatic rings. The lowest BCUT2D eigenvalue weighted by molar-refractivity contribution is -0.116. The van der Waals surface area contributed by atoms with E-state index in [9.17, 15) is 4.79 Å². The molecule has 0 aliphatic carbocycles. The third-order valence-electron chi connectivity index (χ3n) is 1.91. The molecule has 0 aromatic rings. The number of hydrogen-bond acceptors (Lipinski definition) is 2. The van der Waals surface area contributed by atoms with Gasteiger partial charge in [-0.2, -0.15) is 0 Å². The fourth-order valence-electron chi connectivity index (χ4n) is 0.947. The number of aliphatic imine (C=N–C) groups is 1. The molecule has 0 aromatic heterocycles. The highest BCUT2D eigenvalue weighted by molar-refractivity contribution is 5.96. The second-order valence-electron chi connectivity index (χ2n) is 4.28. The van der Waals surface area contributed by atoms with Crippen LogP contribution in [0.4, 0.5) is 0 Å². The lowest BCUT2D eigenvalue weighted by Crippen LogP contribution is -2.23. The first-order valence-electron chi connectivity index (χ1n) is 5.59. The van der Waals surface area contributed by atoms with Gasteiger partial charge in [-0.3, -0.25) is 9.79 Å². The monoisotopic (exact) mass is 222 g/mol. The molecule has 0 atom stereocenters. The lowest BCUT2D eigenvalue weighted by Gasteiger charge is -2.08. The summed E-state index contributed by atoms with van der Waals surface area (Å²) in [5.41, 5.74) is 2.09. The molecule has 0 unspecified atom stereocenters. The number of carbonyl (C=O) groups is 1. The molecule has 0 saturated carbocycles. The minimum absolute atomic E-state index is 0.177. The van der Waals surface area contributed by atoms with Gasteiger partial charge < -0.3 is 5.32 Å². The molecule has 1 amide bonds. The van der Waals surface area contributed by atoms with Gasteiger partial charge in [0.05, 0.1) is 0 Å². The zero-order valence-corrected chi connectivity index (χ0v) is 10.9. The van der Waals surface area contributed by atoms with E-state index in [0.29, 0.717) is 17.3 Å². The van der Waals surface area contributed by atoms with E-state index in [1.807, 2.05) is 34.6 Å². The van der Waals surface area contributed by atoms with E-state index in [-0.39, 0.29) is 5.91 Å². The minimum Gasteiger partial charge on any atom is -0.325 e. The molecular weight excluding hydrogens is 200 g/mol. The van der Waals surface area contributed by atoms with Gasteiger partial charge in [-0.25, -0.2) is 0 Å². The third-order valence-corrected chi connectivity index (χ3v) is 1.91. The minimum atomic E-state index is -0.177. The van der Waals surface area contributed by atoms with E-state index in [0.717, 1.165) is 12.0 Å². The first-order chi connectivity index (χ1) is 7.38. The highest BCUT2D eigenvalue weighted by Gasteiger charge is 2.09. The zero-order chi connectivity index (χ0) is 12.7. The average molecular weight is 222 g/mol. The molecule has 0 saturated heterocycles. The highest BCUT2D eigenvalue weighted by atomic mass is 16.2. The van der Waals surface area contributed by atoms with Crippen LogP contribution in [-0.4, -0.2) is 12.1 Å². The summed E-state index contributed by atoms with van der Waals surface area (Å²) in [5, 5.41) is 2.73. The van der Waals surface area contributed by atoms with Crippen molar-refractivity contribution >= 4 is 12.1 Å². The van der Waals surface area contributed by atoms with Gasteiger partial charge >= 0.3 is 0 Å². The van der Waals surface area contributed by atoms with Gasteiger partial charge in [0, 0.05) is 11.9 Å². The molecular formula is C13H22N2O. The van der Waals surface area contributed by atoms with E-state index < -0.39 is 0 Å². The van der Waals surface area contributed by atoms with E-state index in [4.69, 9.17) is 0 Å². The predicted molar refractivity (Wildman–Crippen MR) is 69.3 cm³/mol. The Morgan fingerprint density at radius 2 is 2.00 bits per heavy atom. The van der Waals surface area contributed by atoms with Gasteiger partial charge in [-0.1, -0.05) is 27.4 Å². The molecule has 3 nitrogen and oxygen atoms in total. The fraction of sp³-hybridized carbons (Fsp3) is 0.538. The Morgan fingerprint density at radius 1 is 1.44 bits per heavy atom. The first-order valence-corrected chi connectivity index (χ1v) is 5.59. The summed E-state index contributed by atoms with van der Waals surface area (Å²) in [7, 11) is 0. The maximum Gasteiger partial charge on any atom is 0.273 e. The summed E-state index contributed by atoms with van der Waals surface area (Å²) in [6.45, 7) is 13.5. The van der Waals surface area contributed by atoms with Gasteiger partial charge in [0.1, 0.15) is 5.70 Å². The van der Waals surface area contributed by atoms with Crippen molar-refractivity contribution < 1.29 is 4.79 Å². The van der Waals surface area contributed by atoms with Crippen molar-refractivity contribution in [1.82, 2.24) is 5.32 Å². The predicted octanol–water partition coefficient (Wildman–Crippen LogP) is 3.05. The van der Waals surface area contributed by atoms with Crippen LogP contribution in [0, 0.1) is 5.92 Å². The summed E-state index contributed by atoms with van der Waals surface area (Å²) in [5.74, 6) is 0.153. The molecule has 3 heteroatoms. The van der Waals surface area contributed by atoms with Crippen LogP contribution in [0.5, 0.6) is 0 Å². The molecule has 90 valence electrons. The number of amides is 1. The second-order valence-corrected chi connectivity index (χ2v) is 4.28. The van der Waals surface area contributed by atoms with Crippen molar-refractivity contribution in [3.05, 3.63) is 23.5 Å². The van der Waals surface area contributed by atoms with Crippen LogP contribution in [-0.2, 0) is 4.79 Å². The van der Waals surface area contributed by atoms with Crippen LogP contribution in [0.25, 0.3) is 0 Å². The molecule has 0 heterocycles. The number of carbonyl (C=O) groups excluding carboxylic acids is 1. The Hall–Kier alpha value is -1.38. The van der Waals surface area contributed by atoms with Gasteiger partial charge in [0.2, 0.25) is 0 Å². The topological polar surface area (TPSA) is 41.5 Å². The van der Waals surface area contributed by atoms with Crippen molar-refractivity contribution in [1.29, 1.82) is 0 Å². The van der Waals surface area contributed by atoms with E-state index in [1.54, 1.807) is 6.21 Å². The normalized spacial score (nSPS) is 10.6. The number of rotatable bonds is 5. The van der Waals surface area contributed by atoms with Crippen molar-refractivity contribution in [2.75, 3.05) is 0 Å². The van der Waals surface area contributed by atoms with Crippen molar-refractivity contribution in [3.8, 4) is 0 Å². The van der Waals surface area contributed by atoms with Crippen LogP contribution in [0.3, 0.4) is 0 Å². The van der Waals surface area contributed by atoms with Crippen molar-refractivity contribution in [3.63, 3.8) is 0 Å². The molecule has 0 bridgehead atoms. The van der Waals surface area contributed by atoms with E-state index in [2.05, 4.69) is 16.9 Å². The fourth-order valence-corrected chi connectivity index (χ4v) is 0.947. The Morgan fingerprint density at radius 3 is 2.38 bits per heavy atom. The Balaban J connectivity index is 4.77. The average Bonchev–Trinajstić information content (AvgIpc) is 2.16. The lowest BCUT2D eigenvalue weighted by atomic mass is 10.2. The highest BCUT2D eigenvalue weighted by Crippen LogP contribution is 2.07. The maximum absolute atomic E-state index is 11.8. The summed E-state index contributed by atoms with van der Waals surface area (Å²) >= 11 is 0. The summed E-state index contributed by atoms with van der Waals surface area (Å²) in [6.07, 6.45) is 2.51. The molecule has 0 spiro atoms. The van der Waals surface area contributed by atoms with Crippen molar-refractivity contribution in [2.24, 2.45) is 10.9 Å². The third kappa shape index (κ3) is 5.49. The molecule has 16 heavy (non-hydrogen) atoms. The van der Waals surface area contributed by atoms with Gasteiger partial charge in [-0.05, 0) is 31.8 Å². The number of nitrogens with zero attached hydrogens (tertiary/aromatic N) is 1. The van der Waals surface area contributed by atoms with Crippen LogP contribution in [0.2, 0.25) is 0 Å². The summed E-state index contributed by atoms with van der Waals surface area (Å²) < 4.78 is 0. The Kier molecular flexibility index (Phi) is 6.38. The Labute approximate surface area is 98.3 Å². The molecule has 0 fully saturated rings. The molecule has 0 radical (unpaired) electrons. The van der Waals surface area contributed by atoms with Gasteiger partial charge in [-0.15, -0.1) is 0 Å². The van der Waals surface area contributed by atoms with E-state index in [1.165, 1.54) is 0 Å². The number of allylic oxidation sites excluding steroid dienone is 2. The molecule has 0 rings (SSSR count). The quantitative estimate of drug-likeness (QED) is 0.563. The van der Waals surface area contributed by atoms with Crippen LogP contribution < -0.4 is 5.32 Å². The smallest absolute Gasteiger partial charge is 0.273 e. The standard InChI is InChI=1S/C13H22N2O/c1-7-11(6)15-13(16)12(10(4)5)14-8-9(2)3/h8-9H,6-7H2,1-5H3,(H,15,16)/b14-8-. The SMILES string of the molecule is C=C(CC)NC(=O)C(/N=C\C(C)C)=C(C)C. The van der Waals surface area contributed by atoms with E-state index >= 15 is 0 Å². The second kappa shape index (κ2) is 6.99. The molecule has 1 N–H and O–H groups in total. The summed E-state index contributed by atoms with van der Waals surface area (Å²) in [4.78, 5) is 16.0. The summed E-state index contributed by atoms with van der Waals surface area (Å²) in [6, 6.07) is 0. The Bertz CT molecular complexity index is 321. The van der Waals surface area contributed by atoms with Gasteiger partial charge in [0.25, 0.3) is 5.91 Å². The maximum atomic E-state index is 11.8. The largest absolute Gasteiger partial charge is 0.325 e. The first kappa shape index (κ1) is 14.6. The van der Waals surface area contributed by atoms with Crippen molar-refractivity contribution in [2.45, 2.75) is 41.0 Å². The zero-order valence-electron chi connectivity index (χ0n) is 10.9. The van der Waals surface area contributed by atoms with Crippen LogP contribution in [0.1, 0.15) is 41.0 Å². The van der Waals surface area contributed by atoms with Gasteiger partial charge in [0.15, 0.2) is 0 Å².